The van der Waals surface area contributed by atoms with Crippen molar-refractivity contribution in [2.45, 2.75) is 13.8 Å². The molecule has 0 radical (unpaired) electrons. The van der Waals surface area contributed by atoms with E-state index >= 15 is 0 Å². The first-order chi connectivity index (χ1) is 4.63. The molecule has 0 aromatic heterocycles. The van der Waals surface area contributed by atoms with Crippen LogP contribution in [-0.4, -0.2) is 24.3 Å². The standard InChI is InChI=1S/C5H9ClO2.CH4O/c1-4(2)3-8-5(6)7;1-2/h4H,3H2,1-2H3;2H,1H3. The van der Waals surface area contributed by atoms with E-state index in [1.807, 2.05) is 13.8 Å². The largest absolute Gasteiger partial charge is 0.453 e. The first-order valence-corrected chi connectivity index (χ1v) is 3.27. The summed E-state index contributed by atoms with van der Waals surface area (Å²) in [6.07, 6.45) is 0. The molecule has 0 spiro atoms. The highest BCUT2D eigenvalue weighted by molar-refractivity contribution is 6.61. The van der Waals surface area contributed by atoms with Crippen molar-refractivity contribution < 1.29 is 14.6 Å². The van der Waals surface area contributed by atoms with Crippen LogP contribution in [0.4, 0.5) is 4.79 Å². The number of hydrogen-bond donors (Lipinski definition) is 1. The molecule has 0 amide bonds. The topological polar surface area (TPSA) is 46.5 Å². The van der Waals surface area contributed by atoms with Gasteiger partial charge in [-0.05, 0) is 5.92 Å². The van der Waals surface area contributed by atoms with Gasteiger partial charge in [-0.15, -0.1) is 0 Å². The maximum absolute atomic E-state index is 9.89. The molecule has 0 rings (SSSR count). The normalized spacial score (nSPS) is 8.20. The Morgan fingerprint density at radius 2 is 2.00 bits per heavy atom. The molecule has 0 aliphatic rings. The summed E-state index contributed by atoms with van der Waals surface area (Å²) in [6, 6.07) is 0. The summed E-state index contributed by atoms with van der Waals surface area (Å²) in [4.78, 5) is 9.89. The molecule has 4 heteroatoms. The fourth-order valence-corrected chi connectivity index (χ4v) is 0.295. The Morgan fingerprint density at radius 3 is 2.10 bits per heavy atom. The summed E-state index contributed by atoms with van der Waals surface area (Å²) in [5.41, 5.74) is -0.723. The van der Waals surface area contributed by atoms with Gasteiger partial charge in [0.05, 0.1) is 6.61 Å². The van der Waals surface area contributed by atoms with Crippen molar-refractivity contribution in [2.24, 2.45) is 5.92 Å². The van der Waals surface area contributed by atoms with Gasteiger partial charge in [0.1, 0.15) is 0 Å². The van der Waals surface area contributed by atoms with Gasteiger partial charge < -0.3 is 9.84 Å². The molecule has 0 unspecified atom stereocenters. The monoisotopic (exact) mass is 168 g/mol. The molecule has 0 aromatic carbocycles. The highest BCUT2D eigenvalue weighted by Crippen LogP contribution is 1.94. The van der Waals surface area contributed by atoms with Crippen LogP contribution in [0, 0.1) is 5.92 Å². The van der Waals surface area contributed by atoms with Crippen molar-refractivity contribution in [2.75, 3.05) is 13.7 Å². The van der Waals surface area contributed by atoms with Crippen LogP contribution in [0.25, 0.3) is 0 Å². The Bertz CT molecular complexity index is 83.1. The number of ether oxygens (including phenoxy) is 1. The van der Waals surface area contributed by atoms with Crippen LogP contribution in [0.5, 0.6) is 0 Å². The number of aliphatic hydroxyl groups is 1. The zero-order chi connectivity index (χ0) is 8.57. The highest BCUT2D eigenvalue weighted by atomic mass is 35.5. The lowest BCUT2D eigenvalue weighted by atomic mass is 10.2. The SMILES string of the molecule is CC(C)COC(=O)Cl.CO. The maximum Gasteiger partial charge on any atom is 0.403 e. The fraction of sp³-hybridized carbons (Fsp3) is 0.833. The minimum Gasteiger partial charge on any atom is -0.453 e. The van der Waals surface area contributed by atoms with Crippen LogP contribution in [0.1, 0.15) is 13.8 Å². The van der Waals surface area contributed by atoms with Gasteiger partial charge in [0.2, 0.25) is 0 Å². The third-order valence-corrected chi connectivity index (χ3v) is 0.639. The molecule has 62 valence electrons. The van der Waals surface area contributed by atoms with E-state index < -0.39 is 5.43 Å². The van der Waals surface area contributed by atoms with E-state index in [2.05, 4.69) is 4.74 Å². The quantitative estimate of drug-likeness (QED) is 0.638. The number of carbonyl (C=O) groups is 1. The number of rotatable bonds is 2. The maximum atomic E-state index is 9.89. The van der Waals surface area contributed by atoms with Crippen LogP contribution >= 0.6 is 11.6 Å². The highest BCUT2D eigenvalue weighted by Gasteiger charge is 1.96. The Kier molecular flexibility index (Phi) is 10.8. The summed E-state index contributed by atoms with van der Waals surface area (Å²) in [5, 5.41) is 7.00. The van der Waals surface area contributed by atoms with Gasteiger partial charge in [-0.1, -0.05) is 13.8 Å². The summed E-state index contributed by atoms with van der Waals surface area (Å²) >= 11 is 4.86. The Morgan fingerprint density at radius 1 is 1.60 bits per heavy atom. The second kappa shape index (κ2) is 8.72. The van der Waals surface area contributed by atoms with Crippen LogP contribution in [0.3, 0.4) is 0 Å². The predicted octanol–water partition coefficient (Wildman–Crippen LogP) is 1.63. The Balaban J connectivity index is 0. The van der Waals surface area contributed by atoms with E-state index in [0.717, 1.165) is 7.11 Å². The van der Waals surface area contributed by atoms with Crippen molar-refractivity contribution in [3.05, 3.63) is 0 Å². The van der Waals surface area contributed by atoms with Crippen molar-refractivity contribution in [1.82, 2.24) is 0 Å². The van der Waals surface area contributed by atoms with Gasteiger partial charge in [0.25, 0.3) is 0 Å². The Labute approximate surface area is 65.9 Å². The predicted molar refractivity (Wildman–Crippen MR) is 40.2 cm³/mol. The van der Waals surface area contributed by atoms with Crippen LogP contribution in [0.15, 0.2) is 0 Å². The smallest absolute Gasteiger partial charge is 0.403 e. The molecule has 0 bridgehead atoms. The van der Waals surface area contributed by atoms with E-state index in [1.54, 1.807) is 0 Å². The van der Waals surface area contributed by atoms with Crippen molar-refractivity contribution in [3.8, 4) is 0 Å². The number of carbonyl (C=O) groups excluding carboxylic acids is 1. The van der Waals surface area contributed by atoms with Gasteiger partial charge in [-0.3, -0.25) is 0 Å². The second-order valence-corrected chi connectivity index (χ2v) is 2.25. The molecule has 10 heavy (non-hydrogen) atoms. The molecule has 0 fully saturated rings. The van der Waals surface area contributed by atoms with Crippen molar-refractivity contribution in [1.29, 1.82) is 0 Å². The lowest BCUT2D eigenvalue weighted by Crippen LogP contribution is -2.02. The zero-order valence-electron chi connectivity index (χ0n) is 6.43. The number of aliphatic hydroxyl groups excluding tert-OH is 1. The molecule has 0 aliphatic heterocycles. The molecule has 0 aliphatic carbocycles. The van der Waals surface area contributed by atoms with Crippen LogP contribution in [0.2, 0.25) is 0 Å². The van der Waals surface area contributed by atoms with Gasteiger partial charge in [-0.2, -0.15) is 0 Å². The lowest BCUT2D eigenvalue weighted by molar-refractivity contribution is 0.159. The van der Waals surface area contributed by atoms with Gasteiger partial charge >= 0.3 is 5.43 Å². The molecular formula is C6H13ClO3. The minimum absolute atomic E-state index is 0.359. The average molecular weight is 169 g/mol. The van der Waals surface area contributed by atoms with E-state index in [1.165, 1.54) is 0 Å². The first kappa shape index (κ1) is 12.4. The van der Waals surface area contributed by atoms with Gasteiger partial charge in [0.15, 0.2) is 0 Å². The third kappa shape index (κ3) is 15.6. The lowest BCUT2D eigenvalue weighted by Gasteiger charge is -2.00. The molecule has 0 saturated heterocycles. The number of hydrogen-bond acceptors (Lipinski definition) is 3. The average Bonchev–Trinajstić information content (AvgIpc) is 1.89. The number of halogens is 1. The van der Waals surface area contributed by atoms with E-state index in [-0.39, 0.29) is 0 Å². The molecule has 0 atom stereocenters. The van der Waals surface area contributed by atoms with Crippen LogP contribution < -0.4 is 0 Å². The summed E-state index contributed by atoms with van der Waals surface area (Å²) in [6.45, 7) is 4.29. The first-order valence-electron chi connectivity index (χ1n) is 2.90. The second-order valence-electron chi connectivity index (χ2n) is 1.94. The molecular weight excluding hydrogens is 156 g/mol. The molecule has 0 saturated carbocycles. The Hall–Kier alpha value is -0.280. The summed E-state index contributed by atoms with van der Waals surface area (Å²) in [5.74, 6) is 0.359. The fourth-order valence-electron chi connectivity index (χ4n) is 0.232. The van der Waals surface area contributed by atoms with E-state index in [9.17, 15) is 4.79 Å². The van der Waals surface area contributed by atoms with E-state index in [4.69, 9.17) is 16.7 Å². The van der Waals surface area contributed by atoms with E-state index in [0.29, 0.717) is 12.5 Å². The molecule has 0 aromatic rings. The van der Waals surface area contributed by atoms with Crippen molar-refractivity contribution in [3.63, 3.8) is 0 Å². The third-order valence-electron chi connectivity index (χ3n) is 0.530. The molecule has 1 N–H and O–H groups in total. The molecule has 3 nitrogen and oxygen atoms in total. The molecule has 0 heterocycles. The summed E-state index contributed by atoms with van der Waals surface area (Å²) in [7, 11) is 1.00. The van der Waals surface area contributed by atoms with Gasteiger partial charge in [0, 0.05) is 18.7 Å². The van der Waals surface area contributed by atoms with Crippen molar-refractivity contribution >= 4 is 17.0 Å². The summed E-state index contributed by atoms with van der Waals surface area (Å²) < 4.78 is 4.43. The van der Waals surface area contributed by atoms with Gasteiger partial charge in [-0.25, -0.2) is 4.79 Å². The minimum atomic E-state index is -0.723. The zero-order valence-corrected chi connectivity index (χ0v) is 7.18. The van der Waals surface area contributed by atoms with Crippen LogP contribution in [-0.2, 0) is 4.74 Å².